The molecule has 0 bridgehead atoms. The van der Waals surface area contributed by atoms with E-state index in [1.54, 1.807) is 23.5 Å². The predicted molar refractivity (Wildman–Crippen MR) is 75.5 cm³/mol. The number of benzene rings is 1. The molecule has 2 nitrogen and oxygen atoms in total. The van der Waals surface area contributed by atoms with Gasteiger partial charge in [-0.05, 0) is 37.1 Å². The minimum absolute atomic E-state index is 0.161. The van der Waals surface area contributed by atoms with Crippen molar-refractivity contribution < 1.29 is 4.39 Å². The molecule has 19 heavy (non-hydrogen) atoms. The average molecular weight is 276 g/mol. The first kappa shape index (κ1) is 12.8. The molecule has 1 saturated heterocycles. The van der Waals surface area contributed by atoms with Crippen LogP contribution in [0.1, 0.15) is 36.6 Å². The Morgan fingerprint density at radius 2 is 2.11 bits per heavy atom. The van der Waals surface area contributed by atoms with Gasteiger partial charge in [0.15, 0.2) is 0 Å². The molecule has 0 saturated carbocycles. The Morgan fingerprint density at radius 1 is 1.26 bits per heavy atom. The van der Waals surface area contributed by atoms with E-state index < -0.39 is 0 Å². The summed E-state index contributed by atoms with van der Waals surface area (Å²) >= 11 is 1.64. The highest BCUT2D eigenvalue weighted by atomic mass is 32.1. The lowest BCUT2D eigenvalue weighted by Crippen LogP contribution is -2.33. The zero-order chi connectivity index (χ0) is 13.1. The fourth-order valence-electron chi connectivity index (χ4n) is 2.77. The van der Waals surface area contributed by atoms with Crippen LogP contribution in [0, 0.1) is 5.82 Å². The van der Waals surface area contributed by atoms with Crippen LogP contribution in [0.3, 0.4) is 0 Å². The van der Waals surface area contributed by atoms with Crippen molar-refractivity contribution >= 4 is 11.3 Å². The lowest BCUT2D eigenvalue weighted by Gasteiger charge is -2.35. The normalized spacial score (nSPS) is 20.6. The van der Waals surface area contributed by atoms with Crippen molar-refractivity contribution in [2.75, 3.05) is 6.54 Å². The first-order valence-electron chi connectivity index (χ1n) is 6.69. The van der Waals surface area contributed by atoms with Gasteiger partial charge in [-0.15, -0.1) is 11.3 Å². The largest absolute Gasteiger partial charge is 0.290 e. The minimum atomic E-state index is -0.161. The summed E-state index contributed by atoms with van der Waals surface area (Å²) in [6.07, 6.45) is 3.63. The molecule has 2 heterocycles. The van der Waals surface area contributed by atoms with Crippen LogP contribution in [0.4, 0.5) is 4.39 Å². The van der Waals surface area contributed by atoms with Crippen molar-refractivity contribution in [1.29, 1.82) is 0 Å². The van der Waals surface area contributed by atoms with Gasteiger partial charge in [0.25, 0.3) is 0 Å². The van der Waals surface area contributed by atoms with Crippen molar-refractivity contribution in [3.05, 3.63) is 52.2 Å². The summed E-state index contributed by atoms with van der Waals surface area (Å²) in [5.74, 6) is -0.161. The third-order valence-electron chi connectivity index (χ3n) is 3.72. The SMILES string of the molecule is Fc1ccc(C2CCCCN2Cc2cscn2)cc1. The maximum absolute atomic E-state index is 13.0. The van der Waals surface area contributed by atoms with Gasteiger partial charge in [-0.3, -0.25) is 4.90 Å². The van der Waals surface area contributed by atoms with Gasteiger partial charge in [0, 0.05) is 18.0 Å². The molecular weight excluding hydrogens is 259 g/mol. The van der Waals surface area contributed by atoms with E-state index in [-0.39, 0.29) is 5.82 Å². The molecule has 2 aromatic rings. The summed E-state index contributed by atoms with van der Waals surface area (Å²) in [7, 11) is 0. The number of thiazole rings is 1. The van der Waals surface area contributed by atoms with E-state index in [0.717, 1.165) is 25.2 Å². The van der Waals surface area contributed by atoms with Crippen molar-refractivity contribution in [1.82, 2.24) is 9.88 Å². The third-order valence-corrected chi connectivity index (χ3v) is 4.35. The maximum atomic E-state index is 13.0. The highest BCUT2D eigenvalue weighted by Gasteiger charge is 2.24. The van der Waals surface area contributed by atoms with Crippen molar-refractivity contribution in [2.45, 2.75) is 31.8 Å². The Bertz CT molecular complexity index is 509. The molecule has 0 aliphatic carbocycles. The number of nitrogens with zero attached hydrogens (tertiary/aromatic N) is 2. The molecule has 100 valence electrons. The molecular formula is C15H17FN2S. The predicted octanol–water partition coefficient (Wildman–Crippen LogP) is 4.01. The number of hydrogen-bond donors (Lipinski definition) is 0. The van der Waals surface area contributed by atoms with Gasteiger partial charge in [-0.25, -0.2) is 9.37 Å². The molecule has 0 radical (unpaired) electrons. The summed E-state index contributed by atoms with van der Waals surface area (Å²) in [6.45, 7) is 1.99. The highest BCUT2D eigenvalue weighted by Crippen LogP contribution is 2.32. The second-order valence-electron chi connectivity index (χ2n) is 5.01. The van der Waals surface area contributed by atoms with E-state index in [0.29, 0.717) is 6.04 Å². The monoisotopic (exact) mass is 276 g/mol. The summed E-state index contributed by atoms with van der Waals surface area (Å²) in [5, 5.41) is 2.11. The van der Waals surface area contributed by atoms with Crippen molar-refractivity contribution in [3.63, 3.8) is 0 Å². The van der Waals surface area contributed by atoms with E-state index in [1.807, 2.05) is 17.6 Å². The molecule has 0 amide bonds. The van der Waals surface area contributed by atoms with Crippen LogP contribution in [-0.4, -0.2) is 16.4 Å². The van der Waals surface area contributed by atoms with Crippen molar-refractivity contribution in [3.8, 4) is 0 Å². The number of halogens is 1. The van der Waals surface area contributed by atoms with E-state index in [1.165, 1.54) is 18.4 Å². The Kier molecular flexibility index (Phi) is 3.89. The van der Waals surface area contributed by atoms with Gasteiger partial charge in [0.05, 0.1) is 11.2 Å². The van der Waals surface area contributed by atoms with E-state index in [4.69, 9.17) is 0 Å². The van der Waals surface area contributed by atoms with Crippen molar-refractivity contribution in [2.24, 2.45) is 0 Å². The lowest BCUT2D eigenvalue weighted by atomic mass is 9.95. The standard InChI is InChI=1S/C15H17FN2S/c16-13-6-4-12(5-7-13)15-3-1-2-8-18(15)9-14-10-19-11-17-14/h4-7,10-11,15H,1-3,8-9H2. The molecule has 1 unspecified atom stereocenters. The summed E-state index contributed by atoms with van der Waals surface area (Å²) in [4.78, 5) is 6.83. The van der Waals surface area contributed by atoms with Gasteiger partial charge in [-0.2, -0.15) is 0 Å². The Labute approximate surface area is 116 Å². The second-order valence-corrected chi connectivity index (χ2v) is 5.73. The van der Waals surface area contributed by atoms with Crippen LogP contribution in [0.2, 0.25) is 0 Å². The van der Waals surface area contributed by atoms with Crippen LogP contribution >= 0.6 is 11.3 Å². The molecule has 1 atom stereocenters. The maximum Gasteiger partial charge on any atom is 0.123 e. The van der Waals surface area contributed by atoms with Crippen LogP contribution in [-0.2, 0) is 6.54 Å². The third kappa shape index (κ3) is 3.01. The second kappa shape index (κ2) is 5.80. The zero-order valence-corrected chi connectivity index (χ0v) is 11.6. The first-order valence-corrected chi connectivity index (χ1v) is 7.64. The lowest BCUT2D eigenvalue weighted by molar-refractivity contribution is 0.139. The quantitative estimate of drug-likeness (QED) is 0.842. The fraction of sp³-hybridized carbons (Fsp3) is 0.400. The topological polar surface area (TPSA) is 16.1 Å². The number of hydrogen-bond acceptors (Lipinski definition) is 3. The van der Waals surface area contributed by atoms with Gasteiger partial charge in [0.1, 0.15) is 5.82 Å². The van der Waals surface area contributed by atoms with Gasteiger partial charge >= 0.3 is 0 Å². The van der Waals surface area contributed by atoms with Crippen LogP contribution in [0.5, 0.6) is 0 Å². The summed E-state index contributed by atoms with van der Waals surface area (Å²) in [5.41, 5.74) is 4.24. The van der Waals surface area contributed by atoms with Crippen LogP contribution < -0.4 is 0 Å². The van der Waals surface area contributed by atoms with Gasteiger partial charge in [-0.1, -0.05) is 18.6 Å². The zero-order valence-electron chi connectivity index (χ0n) is 10.8. The molecule has 1 fully saturated rings. The highest BCUT2D eigenvalue weighted by molar-refractivity contribution is 7.07. The smallest absolute Gasteiger partial charge is 0.123 e. The number of piperidine rings is 1. The molecule has 0 spiro atoms. The number of rotatable bonds is 3. The Hall–Kier alpha value is -1.26. The molecule has 4 heteroatoms. The van der Waals surface area contributed by atoms with E-state index in [9.17, 15) is 4.39 Å². The number of aromatic nitrogens is 1. The van der Waals surface area contributed by atoms with Crippen LogP contribution in [0.15, 0.2) is 35.2 Å². The Balaban J connectivity index is 1.78. The molecule has 0 N–H and O–H groups in total. The van der Waals surface area contributed by atoms with Gasteiger partial charge < -0.3 is 0 Å². The van der Waals surface area contributed by atoms with Crippen LogP contribution in [0.25, 0.3) is 0 Å². The van der Waals surface area contributed by atoms with Gasteiger partial charge in [0.2, 0.25) is 0 Å². The number of likely N-dealkylation sites (tertiary alicyclic amines) is 1. The Morgan fingerprint density at radius 3 is 2.84 bits per heavy atom. The molecule has 1 aliphatic rings. The molecule has 1 aliphatic heterocycles. The van der Waals surface area contributed by atoms with E-state index >= 15 is 0 Å². The molecule has 3 rings (SSSR count). The van der Waals surface area contributed by atoms with E-state index in [2.05, 4.69) is 15.3 Å². The fourth-order valence-corrected chi connectivity index (χ4v) is 3.32. The first-order chi connectivity index (χ1) is 9.33. The summed E-state index contributed by atoms with van der Waals surface area (Å²) in [6, 6.07) is 7.35. The average Bonchev–Trinajstić information content (AvgIpc) is 2.93. The molecule has 1 aromatic heterocycles. The molecule has 1 aromatic carbocycles. The minimum Gasteiger partial charge on any atom is -0.290 e. The summed E-state index contributed by atoms with van der Waals surface area (Å²) < 4.78 is 13.0.